The van der Waals surface area contributed by atoms with Crippen LogP contribution in [-0.2, 0) is 4.74 Å². The van der Waals surface area contributed by atoms with Crippen LogP contribution in [0.1, 0.15) is 47.0 Å². The number of nitrogens with zero attached hydrogens (tertiary/aromatic N) is 1. The van der Waals surface area contributed by atoms with Crippen LogP contribution in [0.2, 0.25) is 0 Å². The molecular weight excluding hydrogens is 224 g/mol. The average Bonchev–Trinajstić information content (AvgIpc) is 2.31. The van der Waals surface area contributed by atoms with Gasteiger partial charge in [-0.2, -0.15) is 0 Å². The van der Waals surface area contributed by atoms with Gasteiger partial charge in [-0.1, -0.05) is 27.2 Å². The van der Waals surface area contributed by atoms with E-state index in [-0.39, 0.29) is 0 Å². The average molecular weight is 256 g/mol. The molecule has 0 bridgehead atoms. The lowest BCUT2D eigenvalue weighted by atomic mass is 9.68. The fourth-order valence-electron chi connectivity index (χ4n) is 3.28. The summed E-state index contributed by atoms with van der Waals surface area (Å²) in [4.78, 5) is 2.51. The van der Waals surface area contributed by atoms with Crippen molar-refractivity contribution in [3.63, 3.8) is 0 Å². The van der Waals surface area contributed by atoms with Crippen LogP contribution in [0.25, 0.3) is 0 Å². The molecule has 3 atom stereocenters. The van der Waals surface area contributed by atoms with Gasteiger partial charge in [0.05, 0.1) is 6.61 Å². The molecule has 0 aromatic heterocycles. The summed E-state index contributed by atoms with van der Waals surface area (Å²) >= 11 is 0. The first-order chi connectivity index (χ1) is 8.42. The lowest BCUT2D eigenvalue weighted by molar-refractivity contribution is 0.0595. The van der Waals surface area contributed by atoms with Crippen molar-refractivity contribution in [2.75, 3.05) is 26.8 Å². The molecule has 2 N–H and O–H groups in total. The highest BCUT2D eigenvalue weighted by Gasteiger charge is 2.37. The number of likely N-dealkylation sites (N-methyl/N-ethyl adjacent to an activating group) is 1. The molecule has 0 saturated heterocycles. The summed E-state index contributed by atoms with van der Waals surface area (Å²) in [6.45, 7) is 12.1. The Balaban J connectivity index is 2.58. The van der Waals surface area contributed by atoms with Crippen molar-refractivity contribution in [3.05, 3.63) is 0 Å². The highest BCUT2D eigenvalue weighted by molar-refractivity contribution is 4.92. The summed E-state index contributed by atoms with van der Waals surface area (Å²) in [6, 6.07) is 0.812. The van der Waals surface area contributed by atoms with E-state index < -0.39 is 0 Å². The maximum absolute atomic E-state index is 6.48. The van der Waals surface area contributed by atoms with E-state index in [1.165, 1.54) is 19.3 Å². The van der Waals surface area contributed by atoms with Gasteiger partial charge >= 0.3 is 0 Å². The monoisotopic (exact) mass is 256 g/mol. The van der Waals surface area contributed by atoms with Gasteiger partial charge in [-0.25, -0.2) is 0 Å². The van der Waals surface area contributed by atoms with Crippen molar-refractivity contribution in [1.82, 2.24) is 4.90 Å². The van der Waals surface area contributed by atoms with Gasteiger partial charge in [-0.3, -0.25) is 4.90 Å². The maximum Gasteiger partial charge on any atom is 0.0615 e. The third kappa shape index (κ3) is 3.94. The minimum atomic E-state index is 0.298. The molecule has 0 heterocycles. The standard InChI is InChI=1S/C15H32N2O/c1-6-17(12(2)11-18-5)10-13-8-7-9-15(3,4)14(13)16/h12-14H,6-11,16H2,1-5H3. The summed E-state index contributed by atoms with van der Waals surface area (Å²) in [7, 11) is 1.78. The molecule has 0 aromatic rings. The molecule has 0 amide bonds. The van der Waals surface area contributed by atoms with Crippen LogP contribution in [-0.4, -0.2) is 43.8 Å². The molecule has 1 rings (SSSR count). The van der Waals surface area contributed by atoms with Gasteiger partial charge < -0.3 is 10.5 Å². The van der Waals surface area contributed by atoms with E-state index in [9.17, 15) is 0 Å². The molecule has 0 radical (unpaired) electrons. The van der Waals surface area contributed by atoms with Crippen molar-refractivity contribution in [2.24, 2.45) is 17.1 Å². The quantitative estimate of drug-likeness (QED) is 0.793. The van der Waals surface area contributed by atoms with Crippen molar-refractivity contribution < 1.29 is 4.74 Å². The topological polar surface area (TPSA) is 38.5 Å². The van der Waals surface area contributed by atoms with E-state index in [1.807, 2.05) is 0 Å². The maximum atomic E-state index is 6.48. The Bertz CT molecular complexity index is 243. The van der Waals surface area contributed by atoms with E-state index in [4.69, 9.17) is 10.5 Å². The van der Waals surface area contributed by atoms with Gasteiger partial charge in [0.1, 0.15) is 0 Å². The third-order valence-corrected chi connectivity index (χ3v) is 4.71. The summed E-state index contributed by atoms with van der Waals surface area (Å²) in [5.74, 6) is 0.632. The van der Waals surface area contributed by atoms with Gasteiger partial charge in [-0.15, -0.1) is 0 Å². The van der Waals surface area contributed by atoms with Crippen molar-refractivity contribution >= 4 is 0 Å². The molecule has 1 saturated carbocycles. The Morgan fingerprint density at radius 1 is 1.44 bits per heavy atom. The third-order valence-electron chi connectivity index (χ3n) is 4.71. The number of ether oxygens (including phenoxy) is 1. The number of methoxy groups -OCH3 is 1. The van der Waals surface area contributed by atoms with Gasteiger partial charge in [0.15, 0.2) is 0 Å². The van der Waals surface area contributed by atoms with Crippen molar-refractivity contribution in [1.29, 1.82) is 0 Å². The van der Waals surface area contributed by atoms with Gasteiger partial charge in [0.25, 0.3) is 0 Å². The second kappa shape index (κ2) is 6.88. The second-order valence-corrected chi connectivity index (χ2v) is 6.56. The van der Waals surface area contributed by atoms with Gasteiger partial charge in [-0.05, 0) is 37.6 Å². The molecule has 0 aliphatic heterocycles. The first-order valence-corrected chi connectivity index (χ1v) is 7.41. The predicted octanol–water partition coefficient (Wildman–Crippen LogP) is 2.50. The van der Waals surface area contributed by atoms with E-state index in [1.54, 1.807) is 7.11 Å². The van der Waals surface area contributed by atoms with E-state index in [2.05, 4.69) is 32.6 Å². The number of hydrogen-bond acceptors (Lipinski definition) is 3. The summed E-state index contributed by atoms with van der Waals surface area (Å²) in [6.07, 6.45) is 3.87. The normalized spacial score (nSPS) is 29.5. The highest BCUT2D eigenvalue weighted by Crippen LogP contribution is 2.38. The zero-order chi connectivity index (χ0) is 13.8. The van der Waals surface area contributed by atoms with E-state index >= 15 is 0 Å². The Hall–Kier alpha value is -0.120. The minimum absolute atomic E-state index is 0.298. The Labute approximate surface area is 113 Å². The first kappa shape index (κ1) is 15.9. The van der Waals surface area contributed by atoms with Crippen LogP contribution < -0.4 is 5.73 Å². The first-order valence-electron chi connectivity index (χ1n) is 7.41. The molecule has 3 nitrogen and oxygen atoms in total. The Morgan fingerprint density at radius 3 is 2.67 bits per heavy atom. The SMILES string of the molecule is CCN(CC1CCCC(C)(C)C1N)C(C)COC. The van der Waals surface area contributed by atoms with Gasteiger partial charge in [0.2, 0.25) is 0 Å². The van der Waals surface area contributed by atoms with Crippen LogP contribution in [0.3, 0.4) is 0 Å². The largest absolute Gasteiger partial charge is 0.383 e. The fraction of sp³-hybridized carbons (Fsp3) is 1.00. The summed E-state index contributed by atoms with van der Waals surface area (Å²) in [5.41, 5.74) is 6.77. The predicted molar refractivity (Wildman–Crippen MR) is 77.7 cm³/mol. The van der Waals surface area contributed by atoms with Crippen LogP contribution in [0.4, 0.5) is 0 Å². The zero-order valence-electron chi connectivity index (χ0n) is 12.9. The van der Waals surface area contributed by atoms with Crippen LogP contribution in [0.5, 0.6) is 0 Å². The molecule has 0 spiro atoms. The molecule has 1 fully saturated rings. The molecule has 1 aliphatic rings. The van der Waals surface area contributed by atoms with Crippen molar-refractivity contribution in [2.45, 2.75) is 59.0 Å². The summed E-state index contributed by atoms with van der Waals surface area (Å²) < 4.78 is 5.27. The molecular formula is C15H32N2O. The number of hydrogen-bond donors (Lipinski definition) is 1. The second-order valence-electron chi connectivity index (χ2n) is 6.56. The number of rotatable bonds is 6. The zero-order valence-corrected chi connectivity index (χ0v) is 12.9. The molecule has 18 heavy (non-hydrogen) atoms. The van der Waals surface area contributed by atoms with Crippen LogP contribution in [0.15, 0.2) is 0 Å². The highest BCUT2D eigenvalue weighted by atomic mass is 16.5. The van der Waals surface area contributed by atoms with Crippen LogP contribution >= 0.6 is 0 Å². The molecule has 108 valence electrons. The Morgan fingerprint density at radius 2 is 2.11 bits per heavy atom. The summed E-state index contributed by atoms with van der Waals surface area (Å²) in [5, 5.41) is 0. The van der Waals surface area contributed by atoms with Crippen LogP contribution in [0, 0.1) is 11.3 Å². The molecule has 1 aliphatic carbocycles. The van der Waals surface area contributed by atoms with E-state index in [0.29, 0.717) is 23.4 Å². The minimum Gasteiger partial charge on any atom is -0.383 e. The smallest absolute Gasteiger partial charge is 0.0615 e. The Kier molecular flexibility index (Phi) is 6.09. The fourth-order valence-corrected chi connectivity index (χ4v) is 3.28. The van der Waals surface area contributed by atoms with Crippen molar-refractivity contribution in [3.8, 4) is 0 Å². The number of nitrogens with two attached hydrogens (primary N) is 1. The molecule has 0 aromatic carbocycles. The molecule has 3 heteroatoms. The van der Waals surface area contributed by atoms with E-state index in [0.717, 1.165) is 19.7 Å². The molecule has 3 unspecified atom stereocenters. The lowest BCUT2D eigenvalue weighted by Gasteiger charge is -2.44. The van der Waals surface area contributed by atoms with Gasteiger partial charge in [0, 0.05) is 25.7 Å². The lowest BCUT2D eigenvalue weighted by Crippen LogP contribution is -2.51.